The van der Waals surface area contributed by atoms with Crippen molar-refractivity contribution in [1.82, 2.24) is 10.3 Å². The van der Waals surface area contributed by atoms with E-state index in [0.29, 0.717) is 19.4 Å². The molecule has 1 aromatic carbocycles. The number of rotatable bonds is 5. The lowest BCUT2D eigenvalue weighted by Gasteiger charge is -2.05. The summed E-state index contributed by atoms with van der Waals surface area (Å²) in [5, 5.41) is 2.89. The molecule has 2 heterocycles. The number of amides is 1. The van der Waals surface area contributed by atoms with Gasteiger partial charge in [-0.25, -0.2) is 0 Å². The fraction of sp³-hybridized carbons (Fsp3) is 0.267. The van der Waals surface area contributed by atoms with Crippen molar-refractivity contribution in [2.24, 2.45) is 0 Å². The fourth-order valence-electron chi connectivity index (χ4n) is 2.11. The zero-order chi connectivity index (χ0) is 13.8. The number of ether oxygens (including phenoxy) is 2. The number of carbonyl (C=O) groups is 1. The highest BCUT2D eigenvalue weighted by Crippen LogP contribution is 2.32. The number of hydrogen-bond acceptors (Lipinski definition) is 3. The van der Waals surface area contributed by atoms with E-state index < -0.39 is 0 Å². The molecular formula is C15H16N2O3. The van der Waals surface area contributed by atoms with E-state index >= 15 is 0 Å². The molecule has 20 heavy (non-hydrogen) atoms. The second kappa shape index (κ2) is 5.69. The van der Waals surface area contributed by atoms with Gasteiger partial charge in [-0.15, -0.1) is 0 Å². The number of benzene rings is 1. The van der Waals surface area contributed by atoms with Crippen molar-refractivity contribution in [3.05, 3.63) is 47.8 Å². The fourth-order valence-corrected chi connectivity index (χ4v) is 2.11. The summed E-state index contributed by atoms with van der Waals surface area (Å²) in [4.78, 5) is 14.7. The highest BCUT2D eigenvalue weighted by molar-refractivity contribution is 5.76. The minimum atomic E-state index is 0.0452. The molecule has 1 aliphatic rings. The van der Waals surface area contributed by atoms with Crippen molar-refractivity contribution in [1.29, 1.82) is 0 Å². The van der Waals surface area contributed by atoms with Crippen LogP contribution in [-0.2, 0) is 17.8 Å². The highest BCUT2D eigenvalue weighted by Gasteiger charge is 2.13. The van der Waals surface area contributed by atoms with Crippen LogP contribution in [0.5, 0.6) is 11.5 Å². The molecule has 0 saturated carbocycles. The summed E-state index contributed by atoms with van der Waals surface area (Å²) in [6.45, 7) is 0.833. The molecule has 0 fully saturated rings. The van der Waals surface area contributed by atoms with Gasteiger partial charge in [-0.2, -0.15) is 0 Å². The number of fused-ring (bicyclic) bond motifs is 1. The SMILES string of the molecule is O=C(CCc1ccc2c(c1)OCO2)NCc1cc[nH]c1. The average Bonchev–Trinajstić information content (AvgIpc) is 3.13. The molecule has 0 atom stereocenters. The number of H-pyrrole nitrogens is 1. The first kappa shape index (κ1) is 12.6. The van der Waals surface area contributed by atoms with Crippen molar-refractivity contribution < 1.29 is 14.3 Å². The predicted octanol–water partition coefficient (Wildman–Crippen LogP) is 1.99. The summed E-state index contributed by atoms with van der Waals surface area (Å²) in [6.07, 6.45) is 4.87. The van der Waals surface area contributed by atoms with Crippen LogP contribution in [0, 0.1) is 0 Å². The van der Waals surface area contributed by atoms with Crippen molar-refractivity contribution in [3.63, 3.8) is 0 Å². The molecule has 104 valence electrons. The second-order valence-corrected chi connectivity index (χ2v) is 4.68. The van der Waals surface area contributed by atoms with Crippen LogP contribution in [0.1, 0.15) is 17.5 Å². The Hall–Kier alpha value is -2.43. The standard InChI is InChI=1S/C15H16N2O3/c18-15(17-9-12-5-6-16-8-12)4-2-11-1-3-13-14(7-11)20-10-19-13/h1,3,5-8,16H,2,4,9-10H2,(H,17,18). The third kappa shape index (κ3) is 2.93. The number of nitrogens with one attached hydrogen (secondary N) is 2. The summed E-state index contributed by atoms with van der Waals surface area (Å²) >= 11 is 0. The molecule has 1 amide bonds. The lowest BCUT2D eigenvalue weighted by molar-refractivity contribution is -0.121. The van der Waals surface area contributed by atoms with Crippen LogP contribution in [-0.4, -0.2) is 17.7 Å². The monoisotopic (exact) mass is 272 g/mol. The van der Waals surface area contributed by atoms with E-state index in [9.17, 15) is 4.79 Å². The van der Waals surface area contributed by atoms with E-state index in [0.717, 1.165) is 22.6 Å². The Balaban J connectivity index is 1.48. The Labute approximate surface area is 116 Å². The van der Waals surface area contributed by atoms with Gasteiger partial charge in [0.25, 0.3) is 0 Å². The van der Waals surface area contributed by atoms with Crippen molar-refractivity contribution in [2.45, 2.75) is 19.4 Å². The third-order valence-electron chi connectivity index (χ3n) is 3.23. The van der Waals surface area contributed by atoms with Gasteiger partial charge < -0.3 is 19.8 Å². The van der Waals surface area contributed by atoms with E-state index in [-0.39, 0.29) is 12.7 Å². The lowest BCUT2D eigenvalue weighted by Crippen LogP contribution is -2.22. The molecule has 2 aromatic rings. The Morgan fingerprint density at radius 3 is 2.95 bits per heavy atom. The van der Waals surface area contributed by atoms with Gasteiger partial charge in [0.2, 0.25) is 12.7 Å². The first-order valence-corrected chi connectivity index (χ1v) is 6.58. The molecule has 2 N–H and O–H groups in total. The molecule has 0 saturated heterocycles. The van der Waals surface area contributed by atoms with Gasteiger partial charge in [-0.1, -0.05) is 6.07 Å². The predicted molar refractivity (Wildman–Crippen MR) is 73.5 cm³/mol. The molecule has 0 bridgehead atoms. The number of hydrogen-bond donors (Lipinski definition) is 2. The molecule has 5 heteroatoms. The zero-order valence-electron chi connectivity index (χ0n) is 11.0. The van der Waals surface area contributed by atoms with E-state index in [1.165, 1.54) is 0 Å². The van der Waals surface area contributed by atoms with E-state index in [2.05, 4.69) is 10.3 Å². The first-order valence-electron chi connectivity index (χ1n) is 6.58. The van der Waals surface area contributed by atoms with Crippen molar-refractivity contribution in [3.8, 4) is 11.5 Å². The van der Waals surface area contributed by atoms with E-state index in [1.807, 2.05) is 36.7 Å². The quantitative estimate of drug-likeness (QED) is 0.875. The van der Waals surface area contributed by atoms with Gasteiger partial charge in [-0.05, 0) is 35.7 Å². The largest absolute Gasteiger partial charge is 0.454 e. The number of aryl methyl sites for hydroxylation is 1. The van der Waals surface area contributed by atoms with E-state index in [1.54, 1.807) is 0 Å². The number of aromatic amines is 1. The molecule has 0 spiro atoms. The molecule has 0 radical (unpaired) electrons. The number of carbonyl (C=O) groups excluding carboxylic acids is 1. The summed E-state index contributed by atoms with van der Waals surface area (Å²) in [5.74, 6) is 1.57. The average molecular weight is 272 g/mol. The van der Waals surface area contributed by atoms with Crippen molar-refractivity contribution >= 4 is 5.91 Å². The minimum absolute atomic E-state index is 0.0452. The van der Waals surface area contributed by atoms with Crippen LogP contribution in [0.15, 0.2) is 36.7 Å². The van der Waals surface area contributed by atoms with Crippen molar-refractivity contribution in [2.75, 3.05) is 6.79 Å². The van der Waals surface area contributed by atoms with Crippen LogP contribution in [0.2, 0.25) is 0 Å². The Kier molecular flexibility index (Phi) is 3.58. The van der Waals surface area contributed by atoms with Gasteiger partial charge >= 0.3 is 0 Å². The molecule has 0 aliphatic carbocycles. The van der Waals surface area contributed by atoms with Gasteiger partial charge in [-0.3, -0.25) is 4.79 Å². The smallest absolute Gasteiger partial charge is 0.231 e. The Morgan fingerprint density at radius 2 is 2.10 bits per heavy atom. The van der Waals surface area contributed by atoms with Gasteiger partial charge in [0, 0.05) is 25.4 Å². The molecule has 5 nitrogen and oxygen atoms in total. The summed E-state index contributed by atoms with van der Waals surface area (Å²) in [5.41, 5.74) is 2.15. The zero-order valence-corrected chi connectivity index (χ0v) is 11.0. The van der Waals surface area contributed by atoms with Gasteiger partial charge in [0.1, 0.15) is 0 Å². The molecular weight excluding hydrogens is 256 g/mol. The van der Waals surface area contributed by atoms with Crippen LogP contribution in [0.4, 0.5) is 0 Å². The molecule has 1 aromatic heterocycles. The van der Waals surface area contributed by atoms with Crippen LogP contribution >= 0.6 is 0 Å². The first-order chi connectivity index (χ1) is 9.81. The summed E-state index contributed by atoms with van der Waals surface area (Å²) in [7, 11) is 0. The Bertz CT molecular complexity index is 593. The maximum atomic E-state index is 11.8. The van der Waals surface area contributed by atoms with Gasteiger partial charge in [0.05, 0.1) is 0 Å². The molecule has 1 aliphatic heterocycles. The van der Waals surface area contributed by atoms with E-state index in [4.69, 9.17) is 9.47 Å². The van der Waals surface area contributed by atoms with Crippen LogP contribution in [0.25, 0.3) is 0 Å². The highest BCUT2D eigenvalue weighted by atomic mass is 16.7. The maximum absolute atomic E-state index is 11.8. The molecule has 0 unspecified atom stereocenters. The molecule has 3 rings (SSSR count). The Morgan fingerprint density at radius 1 is 1.20 bits per heavy atom. The summed E-state index contributed by atoms with van der Waals surface area (Å²) < 4.78 is 10.6. The number of aromatic nitrogens is 1. The minimum Gasteiger partial charge on any atom is -0.454 e. The van der Waals surface area contributed by atoms with Gasteiger partial charge in [0.15, 0.2) is 11.5 Å². The van der Waals surface area contributed by atoms with Crippen LogP contribution < -0.4 is 14.8 Å². The lowest BCUT2D eigenvalue weighted by atomic mass is 10.1. The van der Waals surface area contributed by atoms with Crippen LogP contribution in [0.3, 0.4) is 0 Å². The second-order valence-electron chi connectivity index (χ2n) is 4.68. The normalized spacial score (nSPS) is 12.4. The maximum Gasteiger partial charge on any atom is 0.231 e. The summed E-state index contributed by atoms with van der Waals surface area (Å²) in [6, 6.07) is 7.72. The topological polar surface area (TPSA) is 63.4 Å². The third-order valence-corrected chi connectivity index (χ3v) is 3.23.